The molecule has 1 atom stereocenters. The van der Waals surface area contributed by atoms with E-state index in [0.29, 0.717) is 0 Å². The molecule has 1 heteroatoms. The van der Waals surface area contributed by atoms with Crippen LogP contribution in [-0.4, -0.2) is 5.11 Å². The molecule has 0 aromatic heterocycles. The summed E-state index contributed by atoms with van der Waals surface area (Å²) in [5.74, 6) is 0. The highest BCUT2D eigenvalue weighted by Gasteiger charge is 2.07. The van der Waals surface area contributed by atoms with Crippen molar-refractivity contribution in [1.29, 1.82) is 0 Å². The Morgan fingerprint density at radius 3 is 2.29 bits per heavy atom. The van der Waals surface area contributed by atoms with E-state index in [1.54, 1.807) is 0 Å². The largest absolute Gasteiger partial charge is 0.388 e. The Hall–Kier alpha value is -1.60. The maximum absolute atomic E-state index is 10.1. The zero-order valence-electron chi connectivity index (χ0n) is 10.1. The molecule has 0 aliphatic heterocycles. The summed E-state index contributed by atoms with van der Waals surface area (Å²) in [7, 11) is 0. The third-order valence-corrected chi connectivity index (χ3v) is 3.13. The average molecular weight is 226 g/mol. The first-order chi connectivity index (χ1) is 8.27. The first kappa shape index (κ1) is 11.9. The van der Waals surface area contributed by atoms with E-state index in [1.165, 1.54) is 11.1 Å². The summed E-state index contributed by atoms with van der Waals surface area (Å²) in [4.78, 5) is 0. The summed E-state index contributed by atoms with van der Waals surface area (Å²) in [6, 6.07) is 18.2. The number of rotatable bonds is 4. The number of hydrogen-bond donors (Lipinski definition) is 1. The molecule has 1 N–H and O–H groups in total. The number of benzene rings is 2. The van der Waals surface area contributed by atoms with Gasteiger partial charge in [-0.3, -0.25) is 0 Å². The van der Waals surface area contributed by atoms with Gasteiger partial charge in [0.1, 0.15) is 0 Å². The van der Waals surface area contributed by atoms with Gasteiger partial charge in [0.05, 0.1) is 6.10 Å². The molecule has 88 valence electrons. The Kier molecular flexibility index (Phi) is 3.94. The monoisotopic (exact) mass is 226 g/mol. The molecule has 0 spiro atoms. The van der Waals surface area contributed by atoms with Crippen LogP contribution in [0.5, 0.6) is 0 Å². The average Bonchev–Trinajstić information content (AvgIpc) is 2.38. The molecular formula is C16H18O. The van der Waals surface area contributed by atoms with Crippen molar-refractivity contribution in [2.24, 2.45) is 0 Å². The van der Waals surface area contributed by atoms with Crippen LogP contribution in [0.25, 0.3) is 0 Å². The van der Waals surface area contributed by atoms with Crippen LogP contribution in [0.1, 0.15) is 29.2 Å². The van der Waals surface area contributed by atoms with E-state index in [4.69, 9.17) is 0 Å². The maximum atomic E-state index is 10.1. The quantitative estimate of drug-likeness (QED) is 0.843. The van der Waals surface area contributed by atoms with E-state index in [1.807, 2.05) is 36.4 Å². The lowest BCUT2D eigenvalue weighted by Gasteiger charge is -2.11. The fourth-order valence-electron chi connectivity index (χ4n) is 2.02. The lowest BCUT2D eigenvalue weighted by atomic mass is 9.99. The van der Waals surface area contributed by atoms with Gasteiger partial charge in [-0.1, -0.05) is 54.6 Å². The van der Waals surface area contributed by atoms with Gasteiger partial charge in [0, 0.05) is 0 Å². The highest BCUT2D eigenvalue weighted by atomic mass is 16.3. The highest BCUT2D eigenvalue weighted by molar-refractivity contribution is 5.26. The minimum absolute atomic E-state index is 0.365. The molecule has 2 aromatic rings. The summed E-state index contributed by atoms with van der Waals surface area (Å²) < 4.78 is 0. The molecule has 17 heavy (non-hydrogen) atoms. The van der Waals surface area contributed by atoms with Crippen molar-refractivity contribution in [2.75, 3.05) is 0 Å². The zero-order valence-corrected chi connectivity index (χ0v) is 10.1. The summed E-state index contributed by atoms with van der Waals surface area (Å²) in [6.07, 6.45) is 1.33. The van der Waals surface area contributed by atoms with E-state index >= 15 is 0 Å². The SMILES string of the molecule is Cc1ccccc1CCC(O)c1ccccc1. The van der Waals surface area contributed by atoms with Crippen LogP contribution in [-0.2, 0) is 6.42 Å². The van der Waals surface area contributed by atoms with Crippen LogP contribution in [0.2, 0.25) is 0 Å². The Morgan fingerprint density at radius 2 is 1.59 bits per heavy atom. The van der Waals surface area contributed by atoms with Crippen molar-refractivity contribution >= 4 is 0 Å². The predicted octanol–water partition coefficient (Wildman–Crippen LogP) is 3.66. The molecule has 0 bridgehead atoms. The predicted molar refractivity (Wildman–Crippen MR) is 70.9 cm³/mol. The number of aliphatic hydroxyl groups is 1. The van der Waals surface area contributed by atoms with Gasteiger partial charge in [-0.2, -0.15) is 0 Å². The standard InChI is InChI=1S/C16H18O/c1-13-7-5-6-8-14(13)11-12-16(17)15-9-3-2-4-10-15/h2-10,16-17H,11-12H2,1H3. The van der Waals surface area contributed by atoms with Gasteiger partial charge in [-0.15, -0.1) is 0 Å². The number of aliphatic hydroxyl groups excluding tert-OH is 1. The van der Waals surface area contributed by atoms with E-state index in [0.717, 1.165) is 18.4 Å². The van der Waals surface area contributed by atoms with Crippen LogP contribution >= 0.6 is 0 Å². The smallest absolute Gasteiger partial charge is 0.0793 e. The Bertz CT molecular complexity index is 462. The van der Waals surface area contributed by atoms with Gasteiger partial charge in [-0.05, 0) is 36.5 Å². The first-order valence-corrected chi connectivity index (χ1v) is 6.05. The van der Waals surface area contributed by atoms with Crippen LogP contribution < -0.4 is 0 Å². The molecule has 0 heterocycles. The highest BCUT2D eigenvalue weighted by Crippen LogP contribution is 2.19. The van der Waals surface area contributed by atoms with Gasteiger partial charge in [0.15, 0.2) is 0 Å². The maximum Gasteiger partial charge on any atom is 0.0793 e. The van der Waals surface area contributed by atoms with Crippen LogP contribution in [0.15, 0.2) is 54.6 Å². The third-order valence-electron chi connectivity index (χ3n) is 3.13. The molecule has 2 aromatic carbocycles. The number of aryl methyl sites for hydroxylation is 2. The fraction of sp³-hybridized carbons (Fsp3) is 0.250. The molecule has 0 amide bonds. The molecule has 1 nitrogen and oxygen atoms in total. The van der Waals surface area contributed by atoms with Crippen molar-refractivity contribution < 1.29 is 5.11 Å². The topological polar surface area (TPSA) is 20.2 Å². The molecular weight excluding hydrogens is 208 g/mol. The van der Waals surface area contributed by atoms with Gasteiger partial charge in [-0.25, -0.2) is 0 Å². The van der Waals surface area contributed by atoms with Crippen molar-refractivity contribution in [3.8, 4) is 0 Å². The van der Waals surface area contributed by atoms with Gasteiger partial charge in [0.2, 0.25) is 0 Å². The Labute approximate surface area is 103 Å². The van der Waals surface area contributed by atoms with Gasteiger partial charge in [0.25, 0.3) is 0 Å². The lowest BCUT2D eigenvalue weighted by molar-refractivity contribution is 0.168. The summed E-state index contributed by atoms with van der Waals surface area (Å²) in [6.45, 7) is 2.12. The normalized spacial score (nSPS) is 12.4. The molecule has 0 saturated heterocycles. The summed E-state index contributed by atoms with van der Waals surface area (Å²) >= 11 is 0. The molecule has 1 unspecified atom stereocenters. The second-order valence-electron chi connectivity index (χ2n) is 4.39. The molecule has 2 rings (SSSR count). The van der Waals surface area contributed by atoms with Crippen molar-refractivity contribution in [1.82, 2.24) is 0 Å². The molecule has 0 radical (unpaired) electrons. The van der Waals surface area contributed by atoms with Crippen molar-refractivity contribution in [2.45, 2.75) is 25.9 Å². The van der Waals surface area contributed by atoms with Crippen molar-refractivity contribution in [3.05, 3.63) is 71.3 Å². The lowest BCUT2D eigenvalue weighted by Crippen LogP contribution is -2.00. The Morgan fingerprint density at radius 1 is 0.941 bits per heavy atom. The zero-order chi connectivity index (χ0) is 12.1. The van der Waals surface area contributed by atoms with Crippen LogP contribution in [0.4, 0.5) is 0 Å². The fourth-order valence-corrected chi connectivity index (χ4v) is 2.02. The molecule has 0 aliphatic rings. The molecule has 0 saturated carbocycles. The number of hydrogen-bond acceptors (Lipinski definition) is 1. The van der Waals surface area contributed by atoms with E-state index in [-0.39, 0.29) is 6.10 Å². The third kappa shape index (κ3) is 3.18. The summed E-state index contributed by atoms with van der Waals surface area (Å²) in [5.41, 5.74) is 3.62. The first-order valence-electron chi connectivity index (χ1n) is 6.05. The van der Waals surface area contributed by atoms with Crippen LogP contribution in [0, 0.1) is 6.92 Å². The van der Waals surface area contributed by atoms with E-state index in [9.17, 15) is 5.11 Å². The Balaban J connectivity index is 1.97. The van der Waals surface area contributed by atoms with E-state index in [2.05, 4.69) is 25.1 Å². The minimum atomic E-state index is -0.365. The minimum Gasteiger partial charge on any atom is -0.388 e. The molecule has 0 aliphatic carbocycles. The van der Waals surface area contributed by atoms with Gasteiger partial charge >= 0.3 is 0 Å². The second-order valence-corrected chi connectivity index (χ2v) is 4.39. The van der Waals surface area contributed by atoms with Crippen molar-refractivity contribution in [3.63, 3.8) is 0 Å². The van der Waals surface area contributed by atoms with E-state index < -0.39 is 0 Å². The summed E-state index contributed by atoms with van der Waals surface area (Å²) in [5, 5.41) is 10.1. The molecule has 0 fully saturated rings. The second kappa shape index (κ2) is 5.65. The van der Waals surface area contributed by atoms with Gasteiger partial charge < -0.3 is 5.11 Å². The van der Waals surface area contributed by atoms with Crippen LogP contribution in [0.3, 0.4) is 0 Å².